The molecule has 0 saturated heterocycles. The van der Waals surface area contributed by atoms with Crippen molar-refractivity contribution in [2.24, 2.45) is 0 Å². The standard InChI is InChI=1S/C8H20N.H2O.Ti/c1-5-9(6-2,7-3)8-4;;/h5-8H2,1-4H3;1H2;/q+1;;/p-1. The summed E-state index contributed by atoms with van der Waals surface area (Å²) in [5.41, 5.74) is 0. The Balaban J connectivity index is -0.000000320. The predicted octanol–water partition coefficient (Wildman–Crippen LogP) is 1.70. The summed E-state index contributed by atoms with van der Waals surface area (Å²) >= 11 is 0. The molecule has 0 radical (unpaired) electrons. The average molecular weight is 195 g/mol. The molecule has 11 heavy (non-hydrogen) atoms. The van der Waals surface area contributed by atoms with Crippen LogP contribution in [0.5, 0.6) is 0 Å². The van der Waals surface area contributed by atoms with Crippen LogP contribution in [-0.4, -0.2) is 36.1 Å². The first-order valence-electron chi connectivity index (χ1n) is 4.09. The van der Waals surface area contributed by atoms with Crippen LogP contribution in [0.3, 0.4) is 0 Å². The summed E-state index contributed by atoms with van der Waals surface area (Å²) in [5, 5.41) is 0. The summed E-state index contributed by atoms with van der Waals surface area (Å²) in [5.74, 6) is 0. The van der Waals surface area contributed by atoms with Crippen LogP contribution < -0.4 is 0 Å². The maximum absolute atomic E-state index is 2.27. The van der Waals surface area contributed by atoms with Crippen LogP contribution in [0.25, 0.3) is 0 Å². The number of quaternary nitrogens is 1. The molecule has 0 unspecified atom stereocenters. The van der Waals surface area contributed by atoms with Gasteiger partial charge in [0.25, 0.3) is 0 Å². The molecule has 0 bridgehead atoms. The van der Waals surface area contributed by atoms with Crippen LogP contribution in [0.15, 0.2) is 0 Å². The molecule has 0 aromatic rings. The van der Waals surface area contributed by atoms with Crippen molar-refractivity contribution in [1.29, 1.82) is 0 Å². The summed E-state index contributed by atoms with van der Waals surface area (Å²) in [7, 11) is 0. The van der Waals surface area contributed by atoms with E-state index in [2.05, 4.69) is 27.7 Å². The summed E-state index contributed by atoms with van der Waals surface area (Å²) in [6.45, 7) is 14.2. The van der Waals surface area contributed by atoms with Crippen molar-refractivity contribution in [3.8, 4) is 0 Å². The number of nitrogens with zero attached hydrogens (tertiary/aromatic N) is 1. The zero-order chi connectivity index (χ0) is 7.33. The van der Waals surface area contributed by atoms with E-state index in [0.717, 1.165) is 0 Å². The van der Waals surface area contributed by atoms with Gasteiger partial charge < -0.3 is 9.96 Å². The van der Waals surface area contributed by atoms with E-state index in [0.29, 0.717) is 0 Å². The Kier molecular flexibility index (Phi) is 14.0. The molecule has 68 valence electrons. The molecule has 0 fully saturated rings. The van der Waals surface area contributed by atoms with Gasteiger partial charge in [-0.3, -0.25) is 0 Å². The first-order valence-corrected chi connectivity index (χ1v) is 4.09. The Morgan fingerprint density at radius 1 is 0.727 bits per heavy atom. The second-order valence-corrected chi connectivity index (χ2v) is 2.61. The first kappa shape index (κ1) is 17.6. The van der Waals surface area contributed by atoms with Crippen LogP contribution in [0.2, 0.25) is 0 Å². The Labute approximate surface area is 85.8 Å². The van der Waals surface area contributed by atoms with Gasteiger partial charge in [-0.05, 0) is 27.7 Å². The van der Waals surface area contributed by atoms with E-state index in [-0.39, 0.29) is 27.2 Å². The normalized spacial score (nSPS) is 9.82. The number of hydrogen-bond donors (Lipinski definition) is 0. The quantitative estimate of drug-likeness (QED) is 0.496. The van der Waals surface area contributed by atoms with E-state index >= 15 is 0 Å². The number of hydrogen-bond acceptors (Lipinski definition) is 1. The fraction of sp³-hybridized carbons (Fsp3) is 1.00. The van der Waals surface area contributed by atoms with Crippen molar-refractivity contribution >= 4 is 0 Å². The Morgan fingerprint density at radius 3 is 0.909 bits per heavy atom. The van der Waals surface area contributed by atoms with Crippen molar-refractivity contribution in [2.75, 3.05) is 26.2 Å². The minimum Gasteiger partial charge on any atom is -0.870 e. The smallest absolute Gasteiger partial charge is 0.0757 e. The zero-order valence-corrected chi connectivity index (χ0v) is 9.78. The molecule has 0 aliphatic heterocycles. The molecular formula is C8H21NOTi. The summed E-state index contributed by atoms with van der Waals surface area (Å²) in [4.78, 5) is 0. The van der Waals surface area contributed by atoms with Crippen LogP contribution in [0, 0.1) is 0 Å². The Hall–Kier alpha value is 0.634. The molecule has 0 rings (SSSR count). The number of rotatable bonds is 4. The van der Waals surface area contributed by atoms with Gasteiger partial charge in [0.2, 0.25) is 0 Å². The average Bonchev–Trinajstić information content (AvgIpc) is 1.95. The predicted molar refractivity (Wildman–Crippen MR) is 44.4 cm³/mol. The maximum Gasteiger partial charge on any atom is 0.0757 e. The molecule has 3 heteroatoms. The molecule has 0 amide bonds. The molecule has 0 spiro atoms. The third-order valence-corrected chi connectivity index (χ3v) is 2.68. The molecule has 2 nitrogen and oxygen atoms in total. The summed E-state index contributed by atoms with van der Waals surface area (Å²) in [6.07, 6.45) is 0. The van der Waals surface area contributed by atoms with Crippen LogP contribution in [0.1, 0.15) is 27.7 Å². The van der Waals surface area contributed by atoms with Crippen molar-refractivity contribution in [3.05, 3.63) is 0 Å². The van der Waals surface area contributed by atoms with E-state index in [4.69, 9.17) is 0 Å². The van der Waals surface area contributed by atoms with E-state index in [9.17, 15) is 0 Å². The fourth-order valence-electron chi connectivity index (χ4n) is 1.34. The van der Waals surface area contributed by atoms with Gasteiger partial charge >= 0.3 is 0 Å². The molecule has 0 aromatic heterocycles. The molecule has 0 saturated carbocycles. The molecule has 0 atom stereocenters. The molecule has 1 N–H and O–H groups in total. The van der Waals surface area contributed by atoms with Crippen molar-refractivity contribution in [1.82, 2.24) is 0 Å². The maximum atomic E-state index is 2.27. The monoisotopic (exact) mass is 195 g/mol. The Bertz CT molecular complexity index is 57.0. The van der Waals surface area contributed by atoms with Crippen LogP contribution >= 0.6 is 0 Å². The summed E-state index contributed by atoms with van der Waals surface area (Å²) in [6, 6.07) is 0. The van der Waals surface area contributed by atoms with Gasteiger partial charge in [0.1, 0.15) is 0 Å². The van der Waals surface area contributed by atoms with E-state index < -0.39 is 0 Å². The van der Waals surface area contributed by atoms with Crippen LogP contribution in [-0.2, 0) is 21.7 Å². The third kappa shape index (κ3) is 4.97. The van der Waals surface area contributed by atoms with Crippen molar-refractivity contribution in [3.63, 3.8) is 0 Å². The topological polar surface area (TPSA) is 30.0 Å². The van der Waals surface area contributed by atoms with Gasteiger partial charge in [0, 0.05) is 21.7 Å². The molecule has 0 heterocycles. The molecule has 0 aliphatic rings. The van der Waals surface area contributed by atoms with Crippen LogP contribution in [0.4, 0.5) is 0 Å². The zero-order valence-electron chi connectivity index (χ0n) is 8.22. The molecule has 0 aliphatic carbocycles. The minimum atomic E-state index is 0. The van der Waals surface area contributed by atoms with Gasteiger partial charge in [-0.25, -0.2) is 0 Å². The van der Waals surface area contributed by atoms with E-state index in [1.807, 2.05) is 0 Å². The van der Waals surface area contributed by atoms with Gasteiger partial charge in [-0.1, -0.05) is 0 Å². The van der Waals surface area contributed by atoms with E-state index in [1.54, 1.807) is 0 Å². The summed E-state index contributed by atoms with van der Waals surface area (Å²) < 4.78 is 1.28. The van der Waals surface area contributed by atoms with Gasteiger partial charge in [-0.2, -0.15) is 0 Å². The minimum absolute atomic E-state index is 0. The Morgan fingerprint density at radius 2 is 0.909 bits per heavy atom. The fourth-order valence-corrected chi connectivity index (χ4v) is 1.34. The van der Waals surface area contributed by atoms with Gasteiger partial charge in [0.15, 0.2) is 0 Å². The molecular weight excluding hydrogens is 174 g/mol. The van der Waals surface area contributed by atoms with Crippen molar-refractivity contribution in [2.45, 2.75) is 27.7 Å². The third-order valence-electron chi connectivity index (χ3n) is 2.68. The SMILES string of the molecule is CC[N+](CC)(CC)CC.[OH-].[Ti]. The van der Waals surface area contributed by atoms with Crippen molar-refractivity contribution < 1.29 is 31.7 Å². The molecule has 0 aromatic carbocycles. The first-order chi connectivity index (χ1) is 4.24. The van der Waals surface area contributed by atoms with Gasteiger partial charge in [-0.15, -0.1) is 0 Å². The van der Waals surface area contributed by atoms with Gasteiger partial charge in [0.05, 0.1) is 26.2 Å². The second-order valence-electron chi connectivity index (χ2n) is 2.61. The van der Waals surface area contributed by atoms with E-state index in [1.165, 1.54) is 30.7 Å². The largest absolute Gasteiger partial charge is 0.870 e. The second kappa shape index (κ2) is 8.73.